The molecule has 1 amide bonds. The van der Waals surface area contributed by atoms with Gasteiger partial charge in [-0.3, -0.25) is 4.79 Å². The summed E-state index contributed by atoms with van der Waals surface area (Å²) in [7, 11) is -4.16. The zero-order valence-electron chi connectivity index (χ0n) is 16.0. The van der Waals surface area contributed by atoms with E-state index in [9.17, 15) is 22.4 Å². The van der Waals surface area contributed by atoms with Crippen LogP contribution in [0, 0.1) is 5.82 Å². The molecule has 1 fully saturated rings. The van der Waals surface area contributed by atoms with Gasteiger partial charge in [0.05, 0.1) is 11.6 Å². The van der Waals surface area contributed by atoms with Crippen LogP contribution < -0.4 is 4.72 Å². The fourth-order valence-electron chi connectivity index (χ4n) is 3.22. The average molecular weight is 453 g/mol. The third-order valence-corrected chi connectivity index (χ3v) is 7.06. The quantitative estimate of drug-likeness (QED) is 0.491. The number of esters is 1. The van der Waals surface area contributed by atoms with Gasteiger partial charge in [0.2, 0.25) is 10.0 Å². The number of thiophene rings is 1. The number of benzene rings is 1. The van der Waals surface area contributed by atoms with Gasteiger partial charge in [0.15, 0.2) is 6.61 Å². The molecule has 0 bridgehead atoms. The SMILES string of the molecule is C=CCNS(=O)(=O)c1cc(C(=O)OCC(=O)N2CCCC2c2cccs2)ccc1F. The monoisotopic (exact) mass is 452 g/mol. The molecule has 2 heterocycles. The van der Waals surface area contributed by atoms with Crippen molar-refractivity contribution < 1.29 is 27.1 Å². The van der Waals surface area contributed by atoms with E-state index in [1.54, 1.807) is 16.2 Å². The molecule has 30 heavy (non-hydrogen) atoms. The Morgan fingerprint density at radius 1 is 1.37 bits per heavy atom. The molecule has 1 aliphatic heterocycles. The van der Waals surface area contributed by atoms with E-state index in [1.165, 1.54) is 6.08 Å². The van der Waals surface area contributed by atoms with Crippen LogP contribution in [0.2, 0.25) is 0 Å². The van der Waals surface area contributed by atoms with Crippen molar-refractivity contribution in [1.82, 2.24) is 9.62 Å². The summed E-state index contributed by atoms with van der Waals surface area (Å²) in [6.45, 7) is 3.40. The van der Waals surface area contributed by atoms with Crippen LogP contribution in [-0.4, -0.2) is 44.9 Å². The second kappa shape index (κ2) is 9.50. The van der Waals surface area contributed by atoms with Crippen LogP contribution in [0.3, 0.4) is 0 Å². The smallest absolute Gasteiger partial charge is 0.338 e. The number of ether oxygens (including phenoxy) is 1. The van der Waals surface area contributed by atoms with Crippen molar-refractivity contribution in [2.45, 2.75) is 23.8 Å². The summed E-state index contributed by atoms with van der Waals surface area (Å²) < 4.78 is 45.5. The van der Waals surface area contributed by atoms with Crippen molar-refractivity contribution in [3.8, 4) is 0 Å². The minimum atomic E-state index is -4.16. The number of rotatable bonds is 8. The van der Waals surface area contributed by atoms with Gasteiger partial charge in [-0.25, -0.2) is 22.3 Å². The fourth-order valence-corrected chi connectivity index (χ4v) is 5.19. The maximum absolute atomic E-state index is 14.0. The summed E-state index contributed by atoms with van der Waals surface area (Å²) in [4.78, 5) is 27.0. The third kappa shape index (κ3) is 4.94. The molecule has 1 aliphatic rings. The first-order chi connectivity index (χ1) is 14.3. The number of carbonyl (C=O) groups excluding carboxylic acids is 2. The summed E-state index contributed by atoms with van der Waals surface area (Å²) in [5.74, 6) is -2.24. The zero-order chi connectivity index (χ0) is 21.7. The second-order valence-corrected chi connectivity index (χ2v) is 9.34. The first kappa shape index (κ1) is 22.1. The topological polar surface area (TPSA) is 92.8 Å². The molecule has 1 unspecified atom stereocenters. The van der Waals surface area contributed by atoms with E-state index in [0.717, 1.165) is 35.9 Å². The van der Waals surface area contributed by atoms with Crippen LogP contribution in [0.5, 0.6) is 0 Å². The lowest BCUT2D eigenvalue weighted by molar-refractivity contribution is -0.135. The van der Waals surface area contributed by atoms with E-state index in [1.807, 2.05) is 17.5 Å². The predicted molar refractivity (Wildman–Crippen MR) is 110 cm³/mol. The van der Waals surface area contributed by atoms with Gasteiger partial charge in [-0.15, -0.1) is 17.9 Å². The highest BCUT2D eigenvalue weighted by Crippen LogP contribution is 2.34. The van der Waals surface area contributed by atoms with Crippen LogP contribution in [0.25, 0.3) is 0 Å². The maximum atomic E-state index is 14.0. The molecule has 1 aromatic heterocycles. The highest BCUT2D eigenvalue weighted by atomic mass is 32.2. The zero-order valence-corrected chi connectivity index (χ0v) is 17.7. The Bertz CT molecular complexity index is 1040. The maximum Gasteiger partial charge on any atom is 0.338 e. The van der Waals surface area contributed by atoms with E-state index in [2.05, 4.69) is 11.3 Å². The number of nitrogens with zero attached hydrogens (tertiary/aromatic N) is 1. The Hall–Kier alpha value is -2.56. The Morgan fingerprint density at radius 2 is 2.17 bits per heavy atom. The second-order valence-electron chi connectivity index (χ2n) is 6.62. The van der Waals surface area contributed by atoms with E-state index in [4.69, 9.17) is 4.74 Å². The lowest BCUT2D eigenvalue weighted by Crippen LogP contribution is -2.34. The number of hydrogen-bond donors (Lipinski definition) is 1. The highest BCUT2D eigenvalue weighted by molar-refractivity contribution is 7.89. The fraction of sp³-hybridized carbons (Fsp3) is 0.300. The molecule has 1 atom stereocenters. The number of amides is 1. The molecule has 1 aromatic carbocycles. The Labute approximate surface area is 178 Å². The van der Waals surface area contributed by atoms with Gasteiger partial charge in [-0.2, -0.15) is 0 Å². The normalized spacial score (nSPS) is 16.4. The molecular weight excluding hydrogens is 431 g/mol. The molecule has 2 aromatic rings. The van der Waals surface area contributed by atoms with Crippen LogP contribution in [0.4, 0.5) is 4.39 Å². The van der Waals surface area contributed by atoms with Gasteiger partial charge >= 0.3 is 5.97 Å². The number of carbonyl (C=O) groups is 2. The van der Waals surface area contributed by atoms with Crippen molar-refractivity contribution in [3.05, 3.63) is 64.6 Å². The van der Waals surface area contributed by atoms with Gasteiger partial charge in [0.25, 0.3) is 5.91 Å². The summed E-state index contributed by atoms with van der Waals surface area (Å²) in [5.41, 5.74) is -0.167. The number of sulfonamides is 1. The van der Waals surface area contributed by atoms with Gasteiger partial charge in [0, 0.05) is 18.0 Å². The van der Waals surface area contributed by atoms with Gasteiger partial charge in [-0.05, 0) is 42.5 Å². The highest BCUT2D eigenvalue weighted by Gasteiger charge is 2.31. The van der Waals surface area contributed by atoms with Crippen LogP contribution in [0.1, 0.15) is 34.1 Å². The Morgan fingerprint density at radius 3 is 2.87 bits per heavy atom. The van der Waals surface area contributed by atoms with E-state index in [0.29, 0.717) is 6.54 Å². The molecule has 3 rings (SSSR count). The van der Waals surface area contributed by atoms with Crippen LogP contribution in [0.15, 0.2) is 53.3 Å². The number of likely N-dealkylation sites (tertiary alicyclic amines) is 1. The Kier molecular flexibility index (Phi) is 7.01. The summed E-state index contributed by atoms with van der Waals surface area (Å²) >= 11 is 1.57. The lowest BCUT2D eigenvalue weighted by Gasteiger charge is -2.23. The number of nitrogens with one attached hydrogen (secondary N) is 1. The lowest BCUT2D eigenvalue weighted by atomic mass is 10.2. The minimum Gasteiger partial charge on any atom is -0.452 e. The van der Waals surface area contributed by atoms with Crippen molar-refractivity contribution in [2.24, 2.45) is 0 Å². The standard InChI is InChI=1S/C20H21FN2O5S2/c1-2-9-22-30(26,27)18-12-14(7-8-15(18)21)20(25)28-13-19(24)23-10-3-5-16(23)17-6-4-11-29-17/h2,4,6-8,11-12,16,22H,1,3,5,9-10,13H2. The molecule has 1 saturated heterocycles. The molecule has 10 heteroatoms. The first-order valence-corrected chi connectivity index (χ1v) is 11.6. The van der Waals surface area contributed by atoms with E-state index < -0.39 is 33.3 Å². The number of hydrogen-bond acceptors (Lipinski definition) is 6. The van der Waals surface area contributed by atoms with Gasteiger partial charge in [0.1, 0.15) is 10.7 Å². The van der Waals surface area contributed by atoms with Gasteiger partial charge in [-0.1, -0.05) is 12.1 Å². The third-order valence-electron chi connectivity index (χ3n) is 4.65. The molecule has 0 aliphatic carbocycles. The molecule has 1 N–H and O–H groups in total. The molecule has 0 spiro atoms. The van der Waals surface area contributed by atoms with Crippen molar-refractivity contribution in [2.75, 3.05) is 19.7 Å². The van der Waals surface area contributed by atoms with Crippen molar-refractivity contribution >= 4 is 33.2 Å². The summed E-state index contributed by atoms with van der Waals surface area (Å²) in [5, 5.41) is 1.94. The van der Waals surface area contributed by atoms with Crippen molar-refractivity contribution in [1.29, 1.82) is 0 Å². The van der Waals surface area contributed by atoms with Crippen LogP contribution >= 0.6 is 11.3 Å². The Balaban J connectivity index is 1.67. The molecular formula is C20H21FN2O5S2. The molecule has 160 valence electrons. The predicted octanol–water partition coefficient (Wildman–Crippen LogP) is 2.87. The summed E-state index contributed by atoms with van der Waals surface area (Å²) in [6, 6.07) is 6.72. The van der Waals surface area contributed by atoms with Crippen molar-refractivity contribution in [3.63, 3.8) is 0 Å². The molecule has 0 radical (unpaired) electrons. The molecule has 0 saturated carbocycles. The first-order valence-electron chi connectivity index (χ1n) is 9.23. The van der Waals surface area contributed by atoms with E-state index >= 15 is 0 Å². The summed E-state index contributed by atoms with van der Waals surface area (Å²) in [6.07, 6.45) is 3.01. The minimum absolute atomic E-state index is 0.0327. The number of halogens is 1. The largest absolute Gasteiger partial charge is 0.452 e. The molecule has 7 nitrogen and oxygen atoms in total. The van der Waals surface area contributed by atoms with E-state index in [-0.39, 0.29) is 24.1 Å². The van der Waals surface area contributed by atoms with Crippen LogP contribution in [-0.2, 0) is 19.6 Å². The van der Waals surface area contributed by atoms with Gasteiger partial charge < -0.3 is 9.64 Å². The average Bonchev–Trinajstić information content (AvgIpc) is 3.41.